The molecule has 2 atom stereocenters. The predicted octanol–water partition coefficient (Wildman–Crippen LogP) is 0.110. The van der Waals surface area contributed by atoms with Crippen molar-refractivity contribution >= 4 is 11.8 Å². The molecule has 3 rings (SSSR count). The van der Waals surface area contributed by atoms with Crippen molar-refractivity contribution in [3.8, 4) is 0 Å². The van der Waals surface area contributed by atoms with Crippen LogP contribution in [0.15, 0.2) is 24.4 Å². The van der Waals surface area contributed by atoms with Gasteiger partial charge in [-0.05, 0) is 25.0 Å². The Bertz CT molecular complexity index is 575. The van der Waals surface area contributed by atoms with Crippen molar-refractivity contribution in [2.75, 3.05) is 32.8 Å². The lowest BCUT2D eigenvalue weighted by Crippen LogP contribution is -2.57. The summed E-state index contributed by atoms with van der Waals surface area (Å²) in [6.07, 6.45) is 4.81. The Morgan fingerprint density at radius 2 is 2.36 bits per heavy atom. The molecule has 2 unspecified atom stereocenters. The second kappa shape index (κ2) is 8.92. The third-order valence-electron chi connectivity index (χ3n) is 4.65. The van der Waals surface area contributed by atoms with E-state index in [0.717, 1.165) is 25.1 Å². The van der Waals surface area contributed by atoms with Crippen molar-refractivity contribution < 1.29 is 14.3 Å². The largest absolute Gasteiger partial charge is 0.376 e. The lowest BCUT2D eigenvalue weighted by Gasteiger charge is -2.34. The number of rotatable bonds is 7. The van der Waals surface area contributed by atoms with E-state index in [0.29, 0.717) is 32.6 Å². The lowest BCUT2D eigenvalue weighted by atomic mass is 10.1. The van der Waals surface area contributed by atoms with Gasteiger partial charge in [-0.15, -0.1) is 0 Å². The molecule has 2 N–H and O–H groups in total. The standard InChI is InChI=1S/C18H26N4O3/c23-17(21-8-6-14-4-1-2-7-19-14)12-16-18(24)22(10-9-20-16)13-15-5-3-11-25-15/h1-2,4,7,15-16,20H,3,5-6,8-13H2,(H,21,23). The van der Waals surface area contributed by atoms with Crippen LogP contribution in [0.5, 0.6) is 0 Å². The molecule has 2 aliphatic heterocycles. The maximum Gasteiger partial charge on any atom is 0.240 e. The fourth-order valence-corrected chi connectivity index (χ4v) is 3.30. The lowest BCUT2D eigenvalue weighted by molar-refractivity contribution is -0.139. The zero-order valence-electron chi connectivity index (χ0n) is 14.4. The number of ether oxygens (including phenoxy) is 1. The molecule has 7 heteroatoms. The highest BCUT2D eigenvalue weighted by atomic mass is 16.5. The first kappa shape index (κ1) is 17.8. The predicted molar refractivity (Wildman–Crippen MR) is 92.9 cm³/mol. The molecule has 2 aliphatic rings. The first-order valence-corrected chi connectivity index (χ1v) is 9.03. The number of amides is 2. The van der Waals surface area contributed by atoms with Gasteiger partial charge in [-0.1, -0.05) is 6.07 Å². The van der Waals surface area contributed by atoms with Gasteiger partial charge in [-0.25, -0.2) is 0 Å². The SMILES string of the molecule is O=C(CC1NCCN(CC2CCCO2)C1=O)NCCc1ccccn1. The molecule has 0 saturated carbocycles. The molecular weight excluding hydrogens is 320 g/mol. The Labute approximate surface area is 148 Å². The minimum Gasteiger partial charge on any atom is -0.376 e. The molecule has 1 aromatic rings. The Hall–Kier alpha value is -1.99. The van der Waals surface area contributed by atoms with E-state index in [1.165, 1.54) is 0 Å². The number of hydrogen-bond donors (Lipinski definition) is 2. The molecule has 7 nitrogen and oxygen atoms in total. The summed E-state index contributed by atoms with van der Waals surface area (Å²) >= 11 is 0. The van der Waals surface area contributed by atoms with E-state index in [1.54, 1.807) is 6.20 Å². The molecule has 136 valence electrons. The number of pyridine rings is 1. The minimum atomic E-state index is -0.440. The zero-order valence-corrected chi connectivity index (χ0v) is 14.4. The second-order valence-corrected chi connectivity index (χ2v) is 6.55. The third kappa shape index (κ3) is 5.24. The summed E-state index contributed by atoms with van der Waals surface area (Å²) in [4.78, 5) is 30.8. The van der Waals surface area contributed by atoms with Gasteiger partial charge in [-0.3, -0.25) is 14.6 Å². The topological polar surface area (TPSA) is 83.6 Å². The van der Waals surface area contributed by atoms with Crippen molar-refractivity contribution in [3.63, 3.8) is 0 Å². The molecule has 0 aromatic carbocycles. The fourth-order valence-electron chi connectivity index (χ4n) is 3.30. The van der Waals surface area contributed by atoms with Crippen LogP contribution in [-0.4, -0.2) is 66.6 Å². The highest BCUT2D eigenvalue weighted by molar-refractivity contribution is 5.88. The van der Waals surface area contributed by atoms with Crippen LogP contribution in [0.1, 0.15) is 25.0 Å². The van der Waals surface area contributed by atoms with Gasteiger partial charge in [0.1, 0.15) is 0 Å². The van der Waals surface area contributed by atoms with E-state index in [-0.39, 0.29) is 24.3 Å². The van der Waals surface area contributed by atoms with Gasteiger partial charge in [-0.2, -0.15) is 0 Å². The molecule has 2 amide bonds. The molecule has 2 saturated heterocycles. The summed E-state index contributed by atoms with van der Waals surface area (Å²) < 4.78 is 5.62. The number of nitrogens with one attached hydrogen (secondary N) is 2. The number of aromatic nitrogens is 1. The molecule has 0 spiro atoms. The first-order chi connectivity index (χ1) is 12.2. The molecule has 2 fully saturated rings. The van der Waals surface area contributed by atoms with E-state index in [1.807, 2.05) is 23.1 Å². The average Bonchev–Trinajstić information content (AvgIpc) is 3.12. The summed E-state index contributed by atoms with van der Waals surface area (Å²) in [5.74, 6) is -0.109. The van der Waals surface area contributed by atoms with E-state index in [9.17, 15) is 9.59 Å². The minimum absolute atomic E-state index is 0.00151. The third-order valence-corrected chi connectivity index (χ3v) is 4.65. The average molecular weight is 346 g/mol. The van der Waals surface area contributed by atoms with E-state index < -0.39 is 6.04 Å². The number of piperazine rings is 1. The van der Waals surface area contributed by atoms with Crippen LogP contribution in [0, 0.1) is 0 Å². The highest BCUT2D eigenvalue weighted by Crippen LogP contribution is 2.15. The number of carbonyl (C=O) groups is 2. The summed E-state index contributed by atoms with van der Waals surface area (Å²) in [7, 11) is 0. The highest BCUT2D eigenvalue weighted by Gasteiger charge is 2.32. The van der Waals surface area contributed by atoms with Crippen LogP contribution >= 0.6 is 0 Å². The van der Waals surface area contributed by atoms with Gasteiger partial charge in [0.2, 0.25) is 11.8 Å². The van der Waals surface area contributed by atoms with Gasteiger partial charge in [0.15, 0.2) is 0 Å². The van der Waals surface area contributed by atoms with Crippen LogP contribution < -0.4 is 10.6 Å². The van der Waals surface area contributed by atoms with Crippen LogP contribution in [0.3, 0.4) is 0 Å². The Morgan fingerprint density at radius 3 is 3.12 bits per heavy atom. The summed E-state index contributed by atoms with van der Waals surface area (Å²) in [6, 6.07) is 5.29. The van der Waals surface area contributed by atoms with Crippen molar-refractivity contribution in [2.45, 2.75) is 37.8 Å². The quantitative estimate of drug-likeness (QED) is 0.732. The summed E-state index contributed by atoms with van der Waals surface area (Å²) in [5, 5.41) is 6.03. The Balaban J connectivity index is 1.41. The smallest absolute Gasteiger partial charge is 0.240 e. The van der Waals surface area contributed by atoms with Crippen molar-refractivity contribution in [3.05, 3.63) is 30.1 Å². The molecule has 0 aliphatic carbocycles. The molecular formula is C18H26N4O3. The Kier molecular flexibility index (Phi) is 6.36. The maximum absolute atomic E-state index is 12.6. The van der Waals surface area contributed by atoms with E-state index in [4.69, 9.17) is 4.74 Å². The van der Waals surface area contributed by atoms with Gasteiger partial charge in [0.25, 0.3) is 0 Å². The van der Waals surface area contributed by atoms with Crippen LogP contribution in [0.2, 0.25) is 0 Å². The molecule has 1 aromatic heterocycles. The molecule has 3 heterocycles. The first-order valence-electron chi connectivity index (χ1n) is 9.03. The van der Waals surface area contributed by atoms with E-state index >= 15 is 0 Å². The Morgan fingerprint density at radius 1 is 1.44 bits per heavy atom. The van der Waals surface area contributed by atoms with Crippen molar-refractivity contribution in [1.82, 2.24) is 20.5 Å². The van der Waals surface area contributed by atoms with Crippen molar-refractivity contribution in [1.29, 1.82) is 0 Å². The van der Waals surface area contributed by atoms with E-state index in [2.05, 4.69) is 15.6 Å². The van der Waals surface area contributed by atoms with Gasteiger partial charge in [0.05, 0.1) is 18.6 Å². The van der Waals surface area contributed by atoms with Crippen LogP contribution in [0.4, 0.5) is 0 Å². The van der Waals surface area contributed by atoms with Gasteiger partial charge >= 0.3 is 0 Å². The van der Waals surface area contributed by atoms with Crippen LogP contribution in [-0.2, 0) is 20.7 Å². The van der Waals surface area contributed by atoms with Gasteiger partial charge in [0, 0.05) is 51.1 Å². The maximum atomic E-state index is 12.6. The number of hydrogen-bond acceptors (Lipinski definition) is 5. The fraction of sp³-hybridized carbons (Fsp3) is 0.611. The summed E-state index contributed by atoms with van der Waals surface area (Å²) in [5.41, 5.74) is 0.942. The zero-order chi connectivity index (χ0) is 17.5. The number of nitrogens with zero attached hydrogens (tertiary/aromatic N) is 2. The summed E-state index contributed by atoms with van der Waals surface area (Å²) in [6.45, 7) is 3.34. The molecule has 0 radical (unpaired) electrons. The van der Waals surface area contributed by atoms with Gasteiger partial charge < -0.3 is 20.3 Å². The van der Waals surface area contributed by atoms with Crippen molar-refractivity contribution in [2.24, 2.45) is 0 Å². The molecule has 25 heavy (non-hydrogen) atoms. The normalized spacial score (nSPS) is 23.7. The van der Waals surface area contributed by atoms with Crippen LogP contribution in [0.25, 0.3) is 0 Å². The monoisotopic (exact) mass is 346 g/mol. The second-order valence-electron chi connectivity index (χ2n) is 6.55. The number of carbonyl (C=O) groups excluding carboxylic acids is 2. The molecule has 0 bridgehead atoms.